The fourth-order valence-electron chi connectivity index (χ4n) is 17.8. The quantitative estimate of drug-likeness (QED) is 0.0386. The first-order chi connectivity index (χ1) is 47.4. The molecule has 12 rings (SSSR count). The van der Waals surface area contributed by atoms with Gasteiger partial charge in [-0.3, -0.25) is 21.5 Å². The number of carbonyl (C=O) groups excluding carboxylic acids is 8. The van der Waals surface area contributed by atoms with Crippen molar-refractivity contribution >= 4 is 88.2 Å². The Kier molecular flexibility index (Phi) is 23.8. The molecule has 1 amide bonds. The standard InChI is InChI=1S/C19H28O8S.C17H24O8S.C16H22O8S.C14H19NO7S/c1-11(2)16(21)25-8-7-24-14(20)10-26-19(6)17(4)9-13-15(12(17)3)18(19,5)27-28(13,22)23;1-9(2)16(19)23-6-5-22-12(18)8-24-14-10-7-11-13(17(10,3)4)15(14)25-26(11,20)21;1-9(2)15(18)22-5-4-21-13(17)8-23-16(3)10-6-11-12(7-10)25(19,20)24-14(11)16;1-2-12(17)20-4-3-15-11(16)7-21-13-8-5-9-10(6-8)23(18,19)22-14(9)13/h12-13,15H,1,7-10H2,2-6H3;10-11,13-15H,1,5-8H2,2-4H3;10-12,14H,1,4-8H2,2-3H3;2,8-10,13-14H,1,3-7H2,(H,15,16). The molecule has 21 unspecified atom stereocenters. The lowest BCUT2D eigenvalue weighted by molar-refractivity contribution is -0.202. The van der Waals surface area contributed by atoms with Crippen molar-refractivity contribution < 1.29 is 141 Å². The second-order valence-corrected chi connectivity index (χ2v) is 36.4. The molecule has 12 fully saturated rings. The summed E-state index contributed by atoms with van der Waals surface area (Å²) in [6.45, 7) is 30.3. The molecule has 102 heavy (non-hydrogen) atoms. The Morgan fingerprint density at radius 2 is 1.02 bits per heavy atom. The van der Waals surface area contributed by atoms with Gasteiger partial charge in [0.1, 0.15) is 102 Å². The highest BCUT2D eigenvalue weighted by atomic mass is 32.2. The van der Waals surface area contributed by atoms with Gasteiger partial charge in [0, 0.05) is 51.9 Å². The highest BCUT2D eigenvalue weighted by Crippen LogP contribution is 2.74. The molecular weight excluding hydrogens is 1430 g/mol. The normalized spacial score (nSPS) is 37.8. The molecular formula is C66H93NO31S4. The maximum absolute atomic E-state index is 12.5. The Labute approximate surface area is 594 Å². The van der Waals surface area contributed by atoms with Gasteiger partial charge in [-0.25, -0.2) is 33.6 Å². The number of esters is 7. The van der Waals surface area contributed by atoms with Crippen molar-refractivity contribution in [2.45, 2.75) is 176 Å². The monoisotopic (exact) mass is 1520 g/mol. The molecule has 4 aliphatic heterocycles. The zero-order chi connectivity index (χ0) is 75.4. The summed E-state index contributed by atoms with van der Waals surface area (Å²) in [6.07, 6.45) is 2.22. The average Bonchev–Trinajstić information content (AvgIpc) is 1.48. The van der Waals surface area contributed by atoms with E-state index in [1.807, 2.05) is 34.6 Å². The molecule has 36 heteroatoms. The number of ether oxygens (including phenoxy) is 11. The second-order valence-electron chi connectivity index (χ2n) is 29.3. The molecule has 8 bridgehead atoms. The first-order valence-corrected chi connectivity index (χ1v) is 39.5. The maximum Gasteiger partial charge on any atom is 0.333 e. The number of rotatable bonds is 28. The molecule has 4 heterocycles. The van der Waals surface area contributed by atoms with E-state index in [4.69, 9.17) is 68.8 Å². The third-order valence-corrected chi connectivity index (χ3v) is 30.1. The second kappa shape index (κ2) is 30.2. The minimum atomic E-state index is -3.66. The summed E-state index contributed by atoms with van der Waals surface area (Å²) in [4.78, 5) is 91.9. The molecule has 0 radical (unpaired) electrons. The van der Waals surface area contributed by atoms with Crippen molar-refractivity contribution in [3.8, 4) is 0 Å². The van der Waals surface area contributed by atoms with Crippen LogP contribution >= 0.6 is 0 Å². The van der Waals surface area contributed by atoms with Crippen LogP contribution in [0.4, 0.5) is 0 Å². The molecule has 8 saturated carbocycles. The molecule has 32 nitrogen and oxygen atoms in total. The van der Waals surface area contributed by atoms with Crippen LogP contribution in [0.2, 0.25) is 0 Å². The van der Waals surface area contributed by atoms with Crippen LogP contribution < -0.4 is 5.32 Å². The van der Waals surface area contributed by atoms with Crippen LogP contribution in [-0.2, 0) is 148 Å². The zero-order valence-electron chi connectivity index (χ0n) is 58.7. The van der Waals surface area contributed by atoms with Gasteiger partial charge in [-0.15, -0.1) is 0 Å². The molecule has 0 aromatic rings. The first kappa shape index (κ1) is 80.3. The van der Waals surface area contributed by atoms with E-state index < -0.39 is 150 Å². The van der Waals surface area contributed by atoms with Gasteiger partial charge in [-0.2, -0.15) is 33.7 Å². The molecule has 12 aliphatic rings. The number of fused-ring (bicyclic) bond motifs is 4. The van der Waals surface area contributed by atoms with Crippen molar-refractivity contribution in [2.75, 3.05) is 79.2 Å². The smallest absolute Gasteiger partial charge is 0.333 e. The van der Waals surface area contributed by atoms with E-state index in [0.717, 1.165) is 18.9 Å². The summed E-state index contributed by atoms with van der Waals surface area (Å²) in [6, 6.07) is 0. The molecule has 0 aromatic carbocycles. The minimum absolute atomic E-state index is 0.00335. The maximum atomic E-state index is 12.5. The number of amides is 1. The van der Waals surface area contributed by atoms with Crippen LogP contribution in [0.3, 0.4) is 0 Å². The summed E-state index contributed by atoms with van der Waals surface area (Å²) >= 11 is 0. The summed E-state index contributed by atoms with van der Waals surface area (Å²) in [7, 11) is -14.2. The minimum Gasteiger partial charge on any atom is -0.461 e. The highest BCUT2D eigenvalue weighted by molar-refractivity contribution is 7.88. The number of hydrogen-bond donors (Lipinski definition) is 1. The molecule has 8 aliphatic carbocycles. The van der Waals surface area contributed by atoms with Gasteiger partial charge in [0.25, 0.3) is 40.5 Å². The van der Waals surface area contributed by atoms with E-state index in [1.165, 1.54) is 20.8 Å². The molecule has 0 spiro atoms. The topological polar surface area (TPSA) is 424 Å². The third-order valence-electron chi connectivity index (χ3n) is 23.0. The van der Waals surface area contributed by atoms with Crippen LogP contribution in [0.15, 0.2) is 49.1 Å². The van der Waals surface area contributed by atoms with Crippen LogP contribution in [0.5, 0.6) is 0 Å². The van der Waals surface area contributed by atoms with Gasteiger partial charge in [0.05, 0.1) is 45.4 Å². The van der Waals surface area contributed by atoms with E-state index in [9.17, 15) is 72.0 Å². The summed E-state index contributed by atoms with van der Waals surface area (Å²) in [5.41, 5.74) is -2.67. The average molecular weight is 1520 g/mol. The van der Waals surface area contributed by atoms with Crippen LogP contribution in [-0.4, -0.2) is 229 Å². The van der Waals surface area contributed by atoms with Gasteiger partial charge in [-0.05, 0) is 109 Å². The van der Waals surface area contributed by atoms with Crippen LogP contribution in [0.25, 0.3) is 0 Å². The van der Waals surface area contributed by atoms with Crippen molar-refractivity contribution in [3.05, 3.63) is 49.1 Å². The Morgan fingerprint density at radius 3 is 1.58 bits per heavy atom. The zero-order valence-corrected chi connectivity index (χ0v) is 62.0. The molecule has 4 saturated heterocycles. The Bertz CT molecular complexity index is 3840. The number of carbonyl (C=O) groups is 8. The Morgan fingerprint density at radius 1 is 0.520 bits per heavy atom. The Balaban J connectivity index is 0.000000159. The first-order valence-electron chi connectivity index (χ1n) is 33.7. The van der Waals surface area contributed by atoms with Gasteiger partial charge in [0.2, 0.25) is 5.91 Å². The van der Waals surface area contributed by atoms with Crippen molar-refractivity contribution in [1.82, 2.24) is 5.32 Å². The van der Waals surface area contributed by atoms with Crippen molar-refractivity contribution in [3.63, 3.8) is 0 Å². The van der Waals surface area contributed by atoms with Crippen molar-refractivity contribution in [2.24, 2.45) is 58.2 Å². The SMILES string of the molecule is C=C(C)C(=O)OCCOC(=O)COC1(C)C2(C)CC3C(C2C)C1(C)OS3(=O)=O.C=C(C)C(=O)OCCOC(=O)COC1(C)C2CC3C1OS(=O)(=O)C3C2.C=C(C)C(=O)OCCOC(=O)COC1C2OS(=O)(=O)C3CC1C(C)(C)C23.C=CC(=O)OCCNC(=O)COC1C2CC3C1OS(=O)(=O)C3C2. The van der Waals surface area contributed by atoms with E-state index in [0.29, 0.717) is 25.7 Å². The van der Waals surface area contributed by atoms with E-state index in [2.05, 4.69) is 31.6 Å². The molecule has 21 atom stereocenters. The summed E-state index contributed by atoms with van der Waals surface area (Å²) < 4.78 is 175. The fraction of sp³-hybridized carbons (Fsp3) is 0.758. The largest absolute Gasteiger partial charge is 0.461 e. The summed E-state index contributed by atoms with van der Waals surface area (Å²) in [5.74, 6) is -4.44. The van der Waals surface area contributed by atoms with E-state index in [1.54, 1.807) is 13.8 Å². The third kappa shape index (κ3) is 15.4. The lowest BCUT2D eigenvalue weighted by Gasteiger charge is -2.48. The lowest BCUT2D eigenvalue weighted by Crippen LogP contribution is -2.60. The lowest BCUT2D eigenvalue weighted by atomic mass is 9.66. The van der Waals surface area contributed by atoms with Gasteiger partial charge in [0.15, 0.2) is 0 Å². The van der Waals surface area contributed by atoms with E-state index in [-0.39, 0.29) is 161 Å². The van der Waals surface area contributed by atoms with Crippen molar-refractivity contribution in [1.29, 1.82) is 0 Å². The number of hydrogen-bond acceptors (Lipinski definition) is 31. The van der Waals surface area contributed by atoms with Crippen LogP contribution in [0, 0.1) is 58.2 Å². The number of nitrogens with one attached hydrogen (secondary N) is 1. The van der Waals surface area contributed by atoms with Gasteiger partial charge in [-0.1, -0.05) is 54.0 Å². The fourth-order valence-corrected chi connectivity index (χ4v) is 25.9. The Hall–Kier alpha value is -5.80. The molecule has 572 valence electrons. The predicted molar refractivity (Wildman–Crippen MR) is 351 cm³/mol. The summed E-state index contributed by atoms with van der Waals surface area (Å²) in [5, 5.41) is 0.728. The van der Waals surface area contributed by atoms with Crippen LogP contribution in [0.1, 0.15) is 108 Å². The van der Waals surface area contributed by atoms with E-state index >= 15 is 0 Å². The highest BCUT2D eigenvalue weighted by Gasteiger charge is 2.83. The molecule has 1 N–H and O–H groups in total. The van der Waals surface area contributed by atoms with Gasteiger partial charge >= 0.3 is 41.8 Å². The molecule has 0 aromatic heterocycles. The predicted octanol–water partition coefficient (Wildman–Crippen LogP) is 2.31. The van der Waals surface area contributed by atoms with Gasteiger partial charge < -0.3 is 57.4 Å².